The third-order valence-electron chi connectivity index (χ3n) is 16.5. The van der Waals surface area contributed by atoms with Crippen molar-refractivity contribution in [1.29, 1.82) is 0 Å². The highest BCUT2D eigenvalue weighted by atomic mass is 32.1. The highest BCUT2D eigenvalue weighted by Crippen LogP contribution is 2.44. The number of nitrogens with one attached hydrogen (secondary N) is 2. The summed E-state index contributed by atoms with van der Waals surface area (Å²) in [6, 6.07) is 5.35. The summed E-state index contributed by atoms with van der Waals surface area (Å²) in [6.45, 7) is 22.3. The molecule has 4 amide bonds. The molecule has 1 saturated carbocycles. The number of hydrogen-bond donors (Lipinski definition) is 4. The van der Waals surface area contributed by atoms with Crippen molar-refractivity contribution in [2.45, 2.75) is 156 Å². The van der Waals surface area contributed by atoms with Crippen LogP contribution in [0, 0.1) is 17.3 Å². The number of likely N-dealkylation sites (N-methyl/N-ethyl adjacent to an activating group) is 1. The summed E-state index contributed by atoms with van der Waals surface area (Å²) in [6.07, 6.45) is 8.93. The monoisotopic (exact) mass is 1110 g/mol. The number of thiazole rings is 1. The minimum absolute atomic E-state index is 0.0469. The molecule has 4 aromatic rings. The first-order valence-electron chi connectivity index (χ1n) is 28.3. The second-order valence-electron chi connectivity index (χ2n) is 24.4. The number of ether oxygens (including phenoxy) is 2. The standard InChI is InChI=1S/C59H82N10O9S/c1-12-67-47-18-15-36(28-40(47)42(31-59(8,9)33-70)51(67)41-29-38(32-60-49(41)35(4)77-11)66-26-24-65(25-27-66)37-16-17-37)53-62-44-30-45(55(73)69-22-13-14-43(63-69)56(74)75)61-52(71)50(34(2)3)64(10)54(72)39-21-23-68(57(76)78-58(5,6)7)46(39)19-20-48(44)79-53/h15,18-20,28-29,32,34-35,37,39,43,45-46,50,63,70H,12-14,16-17,21-27,30-31,33H2,1-11H3,(H,61,71)(H,74,75)/b20-19-/t35-,39-,43-,45-,46+,50-/m0/s1. The van der Waals surface area contributed by atoms with Gasteiger partial charge in [0.25, 0.3) is 5.91 Å². The molecule has 20 heteroatoms. The maximum atomic E-state index is 14.8. The summed E-state index contributed by atoms with van der Waals surface area (Å²) >= 11 is 1.40. The molecule has 0 unspecified atom stereocenters. The van der Waals surface area contributed by atoms with Gasteiger partial charge in [0.2, 0.25) is 11.8 Å². The molecule has 4 N–H and O–H groups in total. The number of carboxylic acids is 1. The summed E-state index contributed by atoms with van der Waals surface area (Å²) < 4.78 is 14.2. The molecule has 6 atom stereocenters. The zero-order chi connectivity index (χ0) is 56.8. The van der Waals surface area contributed by atoms with Gasteiger partial charge in [0, 0.05) is 101 Å². The number of anilines is 1. The van der Waals surface area contributed by atoms with Gasteiger partial charge in [-0.2, -0.15) is 0 Å². The van der Waals surface area contributed by atoms with Gasteiger partial charge in [-0.1, -0.05) is 33.8 Å². The number of aliphatic hydroxyl groups excluding tert-OH is 1. The molecule has 0 bridgehead atoms. The Morgan fingerprint density at radius 1 is 0.949 bits per heavy atom. The summed E-state index contributed by atoms with van der Waals surface area (Å²) in [5, 5.41) is 26.8. The van der Waals surface area contributed by atoms with E-state index >= 15 is 0 Å². The zero-order valence-corrected chi connectivity index (χ0v) is 48.8. The third kappa shape index (κ3) is 12.2. The molecule has 428 valence electrons. The van der Waals surface area contributed by atoms with E-state index in [0.717, 1.165) is 70.8 Å². The summed E-state index contributed by atoms with van der Waals surface area (Å²) in [5.74, 6) is -3.59. The maximum Gasteiger partial charge on any atom is 0.410 e. The van der Waals surface area contributed by atoms with Gasteiger partial charge in [0.1, 0.15) is 28.7 Å². The van der Waals surface area contributed by atoms with Crippen LogP contribution in [-0.4, -0.2) is 170 Å². The minimum Gasteiger partial charge on any atom is -0.480 e. The number of hydrogen-bond acceptors (Lipinski definition) is 14. The Morgan fingerprint density at radius 3 is 2.33 bits per heavy atom. The molecule has 79 heavy (non-hydrogen) atoms. The van der Waals surface area contributed by atoms with E-state index < -0.39 is 65.0 Å². The second kappa shape index (κ2) is 23.3. The first-order chi connectivity index (χ1) is 37.5. The molecule has 4 aliphatic heterocycles. The lowest BCUT2D eigenvalue weighted by molar-refractivity contribution is -0.149. The van der Waals surface area contributed by atoms with Crippen molar-refractivity contribution in [2.75, 3.05) is 64.9 Å². The van der Waals surface area contributed by atoms with Gasteiger partial charge in [-0.05, 0) is 120 Å². The molecule has 0 radical (unpaired) electrons. The molecule has 5 aliphatic rings. The van der Waals surface area contributed by atoms with E-state index in [1.54, 1.807) is 39.8 Å². The number of rotatable bonds is 13. The van der Waals surface area contributed by atoms with Crippen molar-refractivity contribution in [3.8, 4) is 21.8 Å². The van der Waals surface area contributed by atoms with Crippen LogP contribution in [0.25, 0.3) is 38.8 Å². The Bertz CT molecular complexity index is 2970. The lowest BCUT2D eigenvalue weighted by Gasteiger charge is -2.36. The third-order valence-corrected chi connectivity index (χ3v) is 17.6. The van der Waals surface area contributed by atoms with Gasteiger partial charge < -0.3 is 44.3 Å². The fraction of sp³-hybridized carbons (Fsp3) is 0.610. The first kappa shape index (κ1) is 57.7. The number of pyridine rings is 1. The van der Waals surface area contributed by atoms with Crippen molar-refractivity contribution < 1.29 is 43.7 Å². The van der Waals surface area contributed by atoms with Gasteiger partial charge >= 0.3 is 12.1 Å². The predicted octanol–water partition coefficient (Wildman–Crippen LogP) is 7.14. The number of hydrazine groups is 1. The van der Waals surface area contributed by atoms with E-state index in [-0.39, 0.29) is 44.0 Å². The normalized spacial score (nSPS) is 23.7. The lowest BCUT2D eigenvalue weighted by Crippen LogP contribution is -2.62. The zero-order valence-electron chi connectivity index (χ0n) is 48.0. The molecule has 1 aromatic carbocycles. The van der Waals surface area contributed by atoms with E-state index in [4.69, 9.17) is 19.4 Å². The number of carboxylic acid groups (broad SMARTS) is 1. The molecule has 9 rings (SSSR count). The van der Waals surface area contributed by atoms with Crippen LogP contribution in [0.4, 0.5) is 10.5 Å². The van der Waals surface area contributed by atoms with Gasteiger partial charge in [0.05, 0.1) is 51.9 Å². The molecule has 4 fully saturated rings. The van der Waals surface area contributed by atoms with Gasteiger partial charge in [-0.3, -0.25) is 34.1 Å². The van der Waals surface area contributed by atoms with Gasteiger partial charge in [-0.15, -0.1) is 11.3 Å². The van der Waals surface area contributed by atoms with Crippen LogP contribution in [-0.2, 0) is 48.0 Å². The Morgan fingerprint density at radius 2 is 1.68 bits per heavy atom. The number of carbonyl (C=O) groups excluding carboxylic acids is 4. The van der Waals surface area contributed by atoms with Crippen LogP contribution in [0.3, 0.4) is 0 Å². The maximum absolute atomic E-state index is 14.8. The molecular formula is C59H82N10O9S. The lowest BCUT2D eigenvalue weighted by atomic mass is 9.84. The van der Waals surface area contributed by atoms with Crippen LogP contribution >= 0.6 is 11.3 Å². The van der Waals surface area contributed by atoms with Crippen molar-refractivity contribution in [1.82, 2.24) is 45.0 Å². The van der Waals surface area contributed by atoms with E-state index in [2.05, 4.69) is 64.1 Å². The molecule has 19 nitrogen and oxygen atoms in total. The molecule has 3 saturated heterocycles. The fourth-order valence-electron chi connectivity index (χ4n) is 12.0. The number of likely N-dealkylation sites (tertiary alicyclic amines) is 1. The number of piperazine rings is 1. The number of carbonyl (C=O) groups is 5. The highest BCUT2D eigenvalue weighted by molar-refractivity contribution is 7.16. The summed E-state index contributed by atoms with van der Waals surface area (Å²) in [4.78, 5) is 89.7. The van der Waals surface area contributed by atoms with Crippen molar-refractivity contribution in [3.05, 3.63) is 58.4 Å². The van der Waals surface area contributed by atoms with Crippen LogP contribution in [0.5, 0.6) is 0 Å². The largest absolute Gasteiger partial charge is 0.480 e. The number of fused-ring (bicyclic) bond motifs is 3. The Balaban J connectivity index is 1.20. The van der Waals surface area contributed by atoms with E-state index in [9.17, 15) is 34.2 Å². The molecule has 3 aromatic heterocycles. The van der Waals surface area contributed by atoms with Gasteiger partial charge in [0.15, 0.2) is 0 Å². The Labute approximate surface area is 468 Å². The fourth-order valence-corrected chi connectivity index (χ4v) is 13.0. The number of nitrogens with zero attached hydrogens (tertiary/aromatic N) is 8. The summed E-state index contributed by atoms with van der Waals surface area (Å²) in [7, 11) is 3.29. The van der Waals surface area contributed by atoms with Crippen molar-refractivity contribution >= 4 is 63.8 Å². The van der Waals surface area contributed by atoms with E-state index in [0.29, 0.717) is 53.8 Å². The number of aliphatic hydroxyl groups is 1. The van der Waals surface area contributed by atoms with Gasteiger partial charge in [-0.25, -0.2) is 15.2 Å². The van der Waals surface area contributed by atoms with Crippen molar-refractivity contribution in [2.24, 2.45) is 17.3 Å². The van der Waals surface area contributed by atoms with Crippen LogP contribution in [0.1, 0.15) is 122 Å². The van der Waals surface area contributed by atoms with E-state index in [1.807, 2.05) is 45.2 Å². The number of benzene rings is 1. The van der Waals surface area contributed by atoms with Crippen LogP contribution in [0.15, 0.2) is 36.5 Å². The first-order valence-corrected chi connectivity index (χ1v) is 29.2. The number of methoxy groups -OCH3 is 1. The number of aliphatic carboxylic acids is 1. The average molecular weight is 1110 g/mol. The molecule has 1 aliphatic carbocycles. The van der Waals surface area contributed by atoms with Crippen LogP contribution in [0.2, 0.25) is 0 Å². The molecule has 0 spiro atoms. The Hall–Kier alpha value is -5.93. The second-order valence-corrected chi connectivity index (χ2v) is 25.4. The SMILES string of the molecule is CCn1c(-c2cc(N3CCN(C4CC4)CC3)cnc2[C@H](C)OC)c(CC(C)(C)CO)c2cc(-c3nc4c(s3)/C=C\[C@@H]3[C@H](CCN3C(=O)OC(C)(C)C)C(=O)N(C)[C@@H](C(C)C)C(=O)N[C@H](C(=O)N3CCC[C@@H](C(=O)O)N3)C4)ccc21. The smallest absolute Gasteiger partial charge is 0.410 e. The average Bonchev–Trinajstić information content (AvgIpc) is 4.21. The minimum atomic E-state index is -1.22. The Kier molecular flexibility index (Phi) is 17.0. The van der Waals surface area contributed by atoms with Crippen molar-refractivity contribution in [3.63, 3.8) is 0 Å². The topological polar surface area (TPSA) is 215 Å². The molecule has 7 heterocycles. The highest BCUT2D eigenvalue weighted by Gasteiger charge is 2.46. The molecular weight excluding hydrogens is 1020 g/mol. The van der Waals surface area contributed by atoms with E-state index in [1.165, 1.54) is 34.1 Å². The quantitative estimate of drug-likeness (QED) is 0.105. The van der Waals surface area contributed by atoms with Crippen LogP contribution < -0.4 is 15.6 Å². The number of aromatic nitrogens is 3. The number of amides is 4. The summed E-state index contributed by atoms with van der Waals surface area (Å²) in [5.41, 5.74) is 8.78. The predicted molar refractivity (Wildman–Crippen MR) is 305 cm³/mol. The number of aryl methyl sites for hydroxylation is 1.